The molecule has 94 valence electrons. The number of nitrogens with one attached hydrogen (secondary N) is 1. The van der Waals surface area contributed by atoms with Gasteiger partial charge in [-0.05, 0) is 23.8 Å². The minimum Gasteiger partial charge on any atom is -0.392 e. The Morgan fingerprint density at radius 3 is 2.67 bits per heavy atom. The van der Waals surface area contributed by atoms with Gasteiger partial charge in [-0.3, -0.25) is 0 Å². The second-order valence-corrected chi connectivity index (χ2v) is 4.32. The van der Waals surface area contributed by atoms with Crippen LogP contribution in [0, 0.1) is 5.82 Å². The summed E-state index contributed by atoms with van der Waals surface area (Å²) in [5, 5.41) is 12.5. The standard InChI is InChI=1S/C14H13ClFNO/c15-12-6-5-10(7-13(12)16)8-17-14-4-2-1-3-11(14)9-18/h1-7,17-18H,8-9H2. The summed E-state index contributed by atoms with van der Waals surface area (Å²) in [5.41, 5.74) is 2.45. The van der Waals surface area contributed by atoms with E-state index in [1.54, 1.807) is 6.07 Å². The molecule has 2 nitrogen and oxygen atoms in total. The van der Waals surface area contributed by atoms with Gasteiger partial charge >= 0.3 is 0 Å². The van der Waals surface area contributed by atoms with Crippen LogP contribution in [0.5, 0.6) is 0 Å². The molecule has 0 amide bonds. The first-order valence-corrected chi connectivity index (χ1v) is 5.95. The van der Waals surface area contributed by atoms with Crippen LogP contribution in [0.2, 0.25) is 5.02 Å². The number of aliphatic hydroxyl groups is 1. The van der Waals surface area contributed by atoms with Gasteiger partial charge in [0.05, 0.1) is 11.6 Å². The molecule has 0 aliphatic rings. The molecular formula is C14H13ClFNO. The molecule has 0 atom stereocenters. The minimum atomic E-state index is -0.425. The Morgan fingerprint density at radius 1 is 1.17 bits per heavy atom. The second kappa shape index (κ2) is 5.85. The highest BCUT2D eigenvalue weighted by Gasteiger charge is 2.03. The molecule has 0 aliphatic carbocycles. The maximum atomic E-state index is 13.3. The lowest BCUT2D eigenvalue weighted by Gasteiger charge is -2.10. The molecule has 4 heteroatoms. The number of benzene rings is 2. The Bertz CT molecular complexity index is 545. The van der Waals surface area contributed by atoms with E-state index in [-0.39, 0.29) is 11.6 Å². The van der Waals surface area contributed by atoms with Crippen molar-refractivity contribution in [1.82, 2.24) is 0 Å². The maximum Gasteiger partial charge on any atom is 0.142 e. The SMILES string of the molecule is OCc1ccccc1NCc1ccc(Cl)c(F)c1. The molecule has 0 heterocycles. The van der Waals surface area contributed by atoms with Crippen molar-refractivity contribution in [2.24, 2.45) is 0 Å². The summed E-state index contributed by atoms with van der Waals surface area (Å²) < 4.78 is 13.3. The van der Waals surface area contributed by atoms with E-state index >= 15 is 0 Å². The van der Waals surface area contributed by atoms with Crippen LogP contribution in [-0.2, 0) is 13.2 Å². The summed E-state index contributed by atoms with van der Waals surface area (Å²) in [6, 6.07) is 12.1. The van der Waals surface area contributed by atoms with Gasteiger partial charge in [-0.15, -0.1) is 0 Å². The number of halogens is 2. The normalized spacial score (nSPS) is 10.4. The maximum absolute atomic E-state index is 13.3. The van der Waals surface area contributed by atoms with Crippen LogP contribution in [0.25, 0.3) is 0 Å². The summed E-state index contributed by atoms with van der Waals surface area (Å²) in [6.45, 7) is 0.448. The Labute approximate surface area is 110 Å². The molecule has 2 aromatic carbocycles. The van der Waals surface area contributed by atoms with Crippen molar-refractivity contribution in [3.8, 4) is 0 Å². The smallest absolute Gasteiger partial charge is 0.142 e. The van der Waals surface area contributed by atoms with E-state index in [1.165, 1.54) is 12.1 Å². The highest BCUT2D eigenvalue weighted by Crippen LogP contribution is 2.18. The van der Waals surface area contributed by atoms with Gasteiger partial charge < -0.3 is 10.4 Å². The number of rotatable bonds is 4. The van der Waals surface area contributed by atoms with Gasteiger partial charge in [0.25, 0.3) is 0 Å². The molecule has 2 N–H and O–H groups in total. The van der Waals surface area contributed by atoms with Crippen LogP contribution in [0.4, 0.5) is 10.1 Å². The summed E-state index contributed by atoms with van der Waals surface area (Å²) in [5.74, 6) is -0.425. The van der Waals surface area contributed by atoms with E-state index in [0.29, 0.717) is 6.54 Å². The molecule has 2 aromatic rings. The monoisotopic (exact) mass is 265 g/mol. The molecular weight excluding hydrogens is 253 g/mol. The van der Waals surface area contributed by atoms with Gasteiger partial charge in [0.15, 0.2) is 0 Å². The van der Waals surface area contributed by atoms with Crippen molar-refractivity contribution in [3.05, 3.63) is 64.4 Å². The van der Waals surface area contributed by atoms with Gasteiger partial charge in [0, 0.05) is 17.8 Å². The van der Waals surface area contributed by atoms with Crippen LogP contribution < -0.4 is 5.32 Å². The quantitative estimate of drug-likeness (QED) is 0.886. The molecule has 0 radical (unpaired) electrons. The highest BCUT2D eigenvalue weighted by atomic mass is 35.5. The zero-order valence-corrected chi connectivity index (χ0v) is 10.4. The third-order valence-electron chi connectivity index (χ3n) is 2.65. The predicted octanol–water partition coefficient (Wildman–Crippen LogP) is 3.58. The van der Waals surface area contributed by atoms with Crippen molar-refractivity contribution in [2.45, 2.75) is 13.2 Å². The summed E-state index contributed by atoms with van der Waals surface area (Å²) in [6.07, 6.45) is 0. The van der Waals surface area contributed by atoms with Crippen molar-refractivity contribution >= 4 is 17.3 Å². The van der Waals surface area contributed by atoms with Gasteiger partial charge in [-0.1, -0.05) is 35.9 Å². The Kier molecular flexibility index (Phi) is 4.18. The van der Waals surface area contributed by atoms with Crippen LogP contribution in [0.15, 0.2) is 42.5 Å². The third-order valence-corrected chi connectivity index (χ3v) is 2.96. The van der Waals surface area contributed by atoms with Crippen LogP contribution in [0.3, 0.4) is 0 Å². The predicted molar refractivity (Wildman–Crippen MR) is 71.1 cm³/mol. The number of para-hydroxylation sites is 1. The average Bonchev–Trinajstić information content (AvgIpc) is 2.40. The lowest BCUT2D eigenvalue weighted by Crippen LogP contribution is -2.02. The molecule has 0 saturated carbocycles. The first-order chi connectivity index (χ1) is 8.70. The van der Waals surface area contributed by atoms with Crippen molar-refractivity contribution in [1.29, 1.82) is 0 Å². The molecule has 18 heavy (non-hydrogen) atoms. The van der Waals surface area contributed by atoms with Crippen LogP contribution >= 0.6 is 11.6 Å². The van der Waals surface area contributed by atoms with Gasteiger partial charge in [0.2, 0.25) is 0 Å². The lowest BCUT2D eigenvalue weighted by atomic mass is 10.1. The van der Waals surface area contributed by atoms with Gasteiger partial charge in [-0.2, -0.15) is 0 Å². The molecule has 0 spiro atoms. The summed E-state index contributed by atoms with van der Waals surface area (Å²) >= 11 is 5.62. The number of anilines is 1. The largest absolute Gasteiger partial charge is 0.392 e. The summed E-state index contributed by atoms with van der Waals surface area (Å²) in [4.78, 5) is 0. The topological polar surface area (TPSA) is 32.3 Å². The molecule has 0 unspecified atom stereocenters. The Hall–Kier alpha value is -1.58. The van der Waals surface area contributed by atoms with Crippen molar-refractivity contribution in [3.63, 3.8) is 0 Å². The first-order valence-electron chi connectivity index (χ1n) is 5.57. The third kappa shape index (κ3) is 3.00. The molecule has 2 rings (SSSR count). The van der Waals surface area contributed by atoms with E-state index in [2.05, 4.69) is 5.32 Å². The van der Waals surface area contributed by atoms with E-state index in [0.717, 1.165) is 16.8 Å². The van der Waals surface area contributed by atoms with E-state index in [1.807, 2.05) is 24.3 Å². The number of aliphatic hydroxyl groups excluding tert-OH is 1. The number of hydrogen-bond acceptors (Lipinski definition) is 2. The minimum absolute atomic E-state index is 0.0296. The fourth-order valence-corrected chi connectivity index (χ4v) is 1.80. The van der Waals surface area contributed by atoms with E-state index in [9.17, 15) is 9.50 Å². The molecule has 0 aromatic heterocycles. The average molecular weight is 266 g/mol. The van der Waals surface area contributed by atoms with Crippen LogP contribution in [-0.4, -0.2) is 5.11 Å². The fraction of sp³-hybridized carbons (Fsp3) is 0.143. The lowest BCUT2D eigenvalue weighted by molar-refractivity contribution is 0.282. The van der Waals surface area contributed by atoms with Gasteiger partial charge in [0.1, 0.15) is 5.82 Å². The summed E-state index contributed by atoms with van der Waals surface area (Å²) in [7, 11) is 0. The molecule has 0 bridgehead atoms. The van der Waals surface area contributed by atoms with Crippen molar-refractivity contribution < 1.29 is 9.50 Å². The van der Waals surface area contributed by atoms with Crippen molar-refractivity contribution in [2.75, 3.05) is 5.32 Å². The second-order valence-electron chi connectivity index (χ2n) is 3.92. The van der Waals surface area contributed by atoms with E-state index in [4.69, 9.17) is 11.6 Å². The fourth-order valence-electron chi connectivity index (χ4n) is 1.68. The zero-order valence-electron chi connectivity index (χ0n) is 9.66. The molecule has 0 fully saturated rings. The van der Waals surface area contributed by atoms with Crippen LogP contribution in [0.1, 0.15) is 11.1 Å². The molecule has 0 saturated heterocycles. The molecule has 0 aliphatic heterocycles. The zero-order chi connectivity index (χ0) is 13.0. The van der Waals surface area contributed by atoms with E-state index < -0.39 is 5.82 Å². The Balaban J connectivity index is 2.09. The number of hydrogen-bond donors (Lipinski definition) is 2. The highest BCUT2D eigenvalue weighted by molar-refractivity contribution is 6.30. The van der Waals surface area contributed by atoms with Gasteiger partial charge in [-0.25, -0.2) is 4.39 Å². The first kappa shape index (κ1) is 12.9. The Morgan fingerprint density at radius 2 is 1.94 bits per heavy atom.